The van der Waals surface area contributed by atoms with Crippen LogP contribution in [0.2, 0.25) is 0 Å². The highest BCUT2D eigenvalue weighted by Crippen LogP contribution is 2.16. The van der Waals surface area contributed by atoms with Gasteiger partial charge in [-0.15, -0.1) is 11.3 Å². The molecule has 1 amide bonds. The zero-order chi connectivity index (χ0) is 17.0. The van der Waals surface area contributed by atoms with Gasteiger partial charge in [0.1, 0.15) is 4.88 Å². The molecule has 122 valence electrons. The van der Waals surface area contributed by atoms with Gasteiger partial charge in [-0.05, 0) is 30.5 Å². The van der Waals surface area contributed by atoms with Gasteiger partial charge in [-0.1, -0.05) is 13.8 Å². The molecule has 0 unspecified atom stereocenters. The predicted octanol–water partition coefficient (Wildman–Crippen LogP) is 2.26. The molecule has 7 heteroatoms. The van der Waals surface area contributed by atoms with Gasteiger partial charge in [0.2, 0.25) is 5.56 Å². The summed E-state index contributed by atoms with van der Waals surface area (Å²) >= 11 is 1.11. The summed E-state index contributed by atoms with van der Waals surface area (Å²) in [5.74, 6) is -0.976. The molecule has 3 N–H and O–H groups in total. The van der Waals surface area contributed by atoms with E-state index in [1.165, 1.54) is 12.1 Å². The maximum atomic E-state index is 12.2. The Labute approximate surface area is 137 Å². The lowest BCUT2D eigenvalue weighted by molar-refractivity contribution is 0.0702. The summed E-state index contributed by atoms with van der Waals surface area (Å²) in [6.45, 7) is 4.28. The summed E-state index contributed by atoms with van der Waals surface area (Å²) < 4.78 is 0. The van der Waals surface area contributed by atoms with Crippen molar-refractivity contribution in [3.63, 3.8) is 0 Å². The highest BCUT2D eigenvalue weighted by molar-refractivity contribution is 7.13. The lowest BCUT2D eigenvalue weighted by Crippen LogP contribution is -2.24. The summed E-state index contributed by atoms with van der Waals surface area (Å²) in [6, 6.07) is 6.10. The zero-order valence-electron chi connectivity index (χ0n) is 12.9. The third kappa shape index (κ3) is 4.79. The van der Waals surface area contributed by atoms with Crippen LogP contribution in [0, 0.1) is 5.92 Å². The van der Waals surface area contributed by atoms with E-state index in [2.05, 4.69) is 10.3 Å². The number of carbonyl (C=O) groups excluding carboxylic acids is 1. The average molecular weight is 334 g/mol. The number of carboxylic acid groups (broad SMARTS) is 1. The highest BCUT2D eigenvalue weighted by Gasteiger charge is 2.11. The Morgan fingerprint density at radius 1 is 1.30 bits per heavy atom. The average Bonchev–Trinajstić information content (AvgIpc) is 2.92. The molecule has 6 nitrogen and oxygen atoms in total. The van der Waals surface area contributed by atoms with Crippen LogP contribution in [-0.2, 0) is 13.0 Å². The smallest absolute Gasteiger partial charge is 0.345 e. The number of hydrogen-bond donors (Lipinski definition) is 3. The minimum atomic E-state index is -0.986. The molecule has 0 bridgehead atoms. The van der Waals surface area contributed by atoms with Crippen LogP contribution in [-0.4, -0.2) is 22.0 Å². The Balaban J connectivity index is 2.06. The number of aromatic carboxylic acids is 1. The zero-order valence-corrected chi connectivity index (χ0v) is 13.7. The van der Waals surface area contributed by atoms with Gasteiger partial charge in [-0.2, -0.15) is 0 Å². The van der Waals surface area contributed by atoms with E-state index in [9.17, 15) is 14.4 Å². The third-order valence-corrected chi connectivity index (χ3v) is 4.16. The minimum absolute atomic E-state index is 0.225. The Hall–Kier alpha value is -2.41. The van der Waals surface area contributed by atoms with Crippen molar-refractivity contribution in [2.45, 2.75) is 26.8 Å². The summed E-state index contributed by atoms with van der Waals surface area (Å²) in [5.41, 5.74) is 0.721. The van der Waals surface area contributed by atoms with E-state index in [4.69, 9.17) is 5.11 Å². The van der Waals surface area contributed by atoms with Crippen LogP contribution in [0.4, 0.5) is 0 Å². The molecule has 2 aromatic rings. The minimum Gasteiger partial charge on any atom is -0.477 e. The molecule has 0 saturated carbocycles. The lowest BCUT2D eigenvalue weighted by atomic mass is 10.1. The van der Waals surface area contributed by atoms with Crippen molar-refractivity contribution in [3.8, 4) is 0 Å². The number of carbonyl (C=O) groups is 2. The fourth-order valence-electron chi connectivity index (χ4n) is 2.14. The highest BCUT2D eigenvalue weighted by atomic mass is 32.1. The molecule has 0 aliphatic heterocycles. The SMILES string of the molecule is CC(C)Cc1cc(C(=O)NCc2ccc(C(=O)O)s2)cc(=O)[nH]1. The molecule has 2 heterocycles. The van der Waals surface area contributed by atoms with E-state index in [0.717, 1.165) is 21.9 Å². The lowest BCUT2D eigenvalue weighted by Gasteiger charge is -2.08. The molecule has 0 aromatic carbocycles. The van der Waals surface area contributed by atoms with Crippen LogP contribution >= 0.6 is 11.3 Å². The fourth-order valence-corrected chi connectivity index (χ4v) is 2.93. The number of amides is 1. The summed E-state index contributed by atoms with van der Waals surface area (Å²) in [5, 5.41) is 11.6. The van der Waals surface area contributed by atoms with Gasteiger partial charge >= 0.3 is 5.97 Å². The van der Waals surface area contributed by atoms with Crippen LogP contribution in [0.25, 0.3) is 0 Å². The van der Waals surface area contributed by atoms with Gasteiger partial charge in [-0.25, -0.2) is 4.79 Å². The van der Waals surface area contributed by atoms with E-state index in [-0.39, 0.29) is 22.9 Å². The van der Waals surface area contributed by atoms with Crippen LogP contribution in [0.3, 0.4) is 0 Å². The topological polar surface area (TPSA) is 99.3 Å². The molecular weight excluding hydrogens is 316 g/mol. The fraction of sp³-hybridized carbons (Fsp3) is 0.312. The number of H-pyrrole nitrogens is 1. The van der Waals surface area contributed by atoms with E-state index in [1.807, 2.05) is 13.8 Å². The molecule has 2 rings (SSSR count). The van der Waals surface area contributed by atoms with Crippen molar-refractivity contribution < 1.29 is 14.7 Å². The van der Waals surface area contributed by atoms with Crippen molar-refractivity contribution in [1.82, 2.24) is 10.3 Å². The molecule has 0 radical (unpaired) electrons. The maximum absolute atomic E-state index is 12.2. The molecule has 0 aliphatic carbocycles. The number of pyridine rings is 1. The van der Waals surface area contributed by atoms with Crippen LogP contribution < -0.4 is 10.9 Å². The number of nitrogens with one attached hydrogen (secondary N) is 2. The van der Waals surface area contributed by atoms with Crippen molar-refractivity contribution in [2.75, 3.05) is 0 Å². The normalized spacial score (nSPS) is 10.7. The van der Waals surface area contributed by atoms with Gasteiger partial charge < -0.3 is 15.4 Å². The second kappa shape index (κ2) is 7.23. The molecule has 23 heavy (non-hydrogen) atoms. The molecule has 2 aromatic heterocycles. The third-order valence-electron chi connectivity index (χ3n) is 3.09. The monoisotopic (exact) mass is 334 g/mol. The van der Waals surface area contributed by atoms with E-state index in [0.29, 0.717) is 17.9 Å². The first-order chi connectivity index (χ1) is 10.8. The van der Waals surface area contributed by atoms with Crippen LogP contribution in [0.1, 0.15) is 44.4 Å². The molecule has 0 atom stereocenters. The maximum Gasteiger partial charge on any atom is 0.345 e. The van der Waals surface area contributed by atoms with Gasteiger partial charge in [0.15, 0.2) is 0 Å². The number of aromatic nitrogens is 1. The quantitative estimate of drug-likeness (QED) is 0.754. The molecule has 0 spiro atoms. The second-order valence-corrected chi connectivity index (χ2v) is 6.78. The predicted molar refractivity (Wildman–Crippen MR) is 88.1 cm³/mol. The second-order valence-electron chi connectivity index (χ2n) is 5.61. The van der Waals surface area contributed by atoms with Crippen molar-refractivity contribution >= 4 is 23.2 Å². The van der Waals surface area contributed by atoms with Gasteiger partial charge in [0.25, 0.3) is 5.91 Å². The van der Waals surface area contributed by atoms with E-state index < -0.39 is 5.97 Å². The molecule has 0 fully saturated rings. The molecule has 0 aliphatic rings. The van der Waals surface area contributed by atoms with Crippen molar-refractivity contribution in [3.05, 3.63) is 55.6 Å². The Morgan fingerprint density at radius 2 is 2.04 bits per heavy atom. The molecule has 0 saturated heterocycles. The van der Waals surface area contributed by atoms with Crippen LogP contribution in [0.5, 0.6) is 0 Å². The van der Waals surface area contributed by atoms with Gasteiger partial charge in [0.05, 0.1) is 6.54 Å². The van der Waals surface area contributed by atoms with Crippen LogP contribution in [0.15, 0.2) is 29.1 Å². The summed E-state index contributed by atoms with van der Waals surface area (Å²) in [4.78, 5) is 38.3. The van der Waals surface area contributed by atoms with Crippen molar-refractivity contribution in [1.29, 1.82) is 0 Å². The number of carboxylic acids is 1. The Kier molecular flexibility index (Phi) is 5.33. The first-order valence-corrected chi connectivity index (χ1v) is 8.00. The van der Waals surface area contributed by atoms with Gasteiger partial charge in [-0.3, -0.25) is 9.59 Å². The first-order valence-electron chi connectivity index (χ1n) is 7.18. The molecular formula is C16H18N2O4S. The largest absolute Gasteiger partial charge is 0.477 e. The first kappa shape index (κ1) is 17.0. The Bertz CT molecular complexity index is 776. The Morgan fingerprint density at radius 3 is 2.65 bits per heavy atom. The van der Waals surface area contributed by atoms with Gasteiger partial charge in [0, 0.05) is 22.2 Å². The van der Waals surface area contributed by atoms with Crippen molar-refractivity contribution in [2.24, 2.45) is 5.92 Å². The van der Waals surface area contributed by atoms with E-state index in [1.54, 1.807) is 12.1 Å². The number of rotatable bonds is 6. The summed E-state index contributed by atoms with van der Waals surface area (Å²) in [6.07, 6.45) is 0.684. The van der Waals surface area contributed by atoms with E-state index >= 15 is 0 Å². The number of hydrogen-bond acceptors (Lipinski definition) is 4. The standard InChI is InChI=1S/C16H18N2O4S/c1-9(2)5-11-6-10(7-14(19)18-11)15(20)17-8-12-3-4-13(23-12)16(21)22/h3-4,6-7,9H,5,8H2,1-2H3,(H,17,20)(H,18,19)(H,21,22). The summed E-state index contributed by atoms with van der Waals surface area (Å²) in [7, 11) is 0. The number of aromatic amines is 1. The number of thiophene rings is 1.